The summed E-state index contributed by atoms with van der Waals surface area (Å²) >= 11 is 0. The minimum Gasteiger partial charge on any atom is -0.508 e. The van der Waals surface area contributed by atoms with Crippen molar-refractivity contribution in [3.8, 4) is 17.2 Å². The Morgan fingerprint density at radius 2 is 2.00 bits per heavy atom. The van der Waals surface area contributed by atoms with Crippen LogP contribution in [-0.4, -0.2) is 25.9 Å². The van der Waals surface area contributed by atoms with E-state index in [1.54, 1.807) is 13.2 Å². The largest absolute Gasteiger partial charge is 0.508 e. The molecule has 0 unspecified atom stereocenters. The number of hydrogen-bond donors (Lipinski definition) is 2. The van der Waals surface area contributed by atoms with E-state index in [9.17, 15) is 5.11 Å². The van der Waals surface area contributed by atoms with E-state index >= 15 is 0 Å². The van der Waals surface area contributed by atoms with Crippen molar-refractivity contribution in [2.24, 2.45) is 5.90 Å². The zero-order chi connectivity index (χ0) is 11.3. The van der Waals surface area contributed by atoms with Crippen LogP contribution in [-0.2, 0) is 11.3 Å². The standard InChI is InChI=1S/C10H15NO4/c1-13-9-6-8(12)5-7(3-4-15-11)10(9)14-2/h5-6,12H,3-4,11H2,1-2H3. The first-order valence-electron chi connectivity index (χ1n) is 4.48. The highest BCUT2D eigenvalue weighted by atomic mass is 16.6. The average molecular weight is 213 g/mol. The highest BCUT2D eigenvalue weighted by Crippen LogP contribution is 2.35. The lowest BCUT2D eigenvalue weighted by Crippen LogP contribution is -2.05. The maximum Gasteiger partial charge on any atom is 0.164 e. The smallest absolute Gasteiger partial charge is 0.164 e. The lowest BCUT2D eigenvalue weighted by molar-refractivity contribution is 0.140. The summed E-state index contributed by atoms with van der Waals surface area (Å²) in [5.74, 6) is 6.15. The number of methoxy groups -OCH3 is 2. The van der Waals surface area contributed by atoms with Crippen LogP contribution in [0.4, 0.5) is 0 Å². The summed E-state index contributed by atoms with van der Waals surface area (Å²) in [6.45, 7) is 0.350. The summed E-state index contributed by atoms with van der Waals surface area (Å²) in [5, 5.41) is 9.44. The van der Waals surface area contributed by atoms with Crippen LogP contribution in [0.1, 0.15) is 5.56 Å². The average Bonchev–Trinajstić information content (AvgIpc) is 2.25. The van der Waals surface area contributed by atoms with E-state index in [1.165, 1.54) is 13.2 Å². The van der Waals surface area contributed by atoms with Crippen molar-refractivity contribution in [3.05, 3.63) is 17.7 Å². The fourth-order valence-corrected chi connectivity index (χ4v) is 1.38. The van der Waals surface area contributed by atoms with Gasteiger partial charge in [-0.25, -0.2) is 5.90 Å². The normalized spacial score (nSPS) is 10.1. The third kappa shape index (κ3) is 2.74. The van der Waals surface area contributed by atoms with Crippen molar-refractivity contribution < 1.29 is 19.4 Å². The quantitative estimate of drug-likeness (QED) is 0.709. The first-order chi connectivity index (χ1) is 7.22. The van der Waals surface area contributed by atoms with Gasteiger partial charge in [-0.15, -0.1) is 0 Å². The first kappa shape index (κ1) is 11.6. The van der Waals surface area contributed by atoms with Crippen LogP contribution in [0.25, 0.3) is 0 Å². The van der Waals surface area contributed by atoms with Crippen LogP contribution < -0.4 is 15.4 Å². The molecule has 0 fully saturated rings. The molecule has 5 heteroatoms. The zero-order valence-electron chi connectivity index (χ0n) is 8.82. The van der Waals surface area contributed by atoms with Gasteiger partial charge in [-0.2, -0.15) is 0 Å². The molecule has 0 aromatic heterocycles. The first-order valence-corrected chi connectivity index (χ1v) is 4.48. The number of rotatable bonds is 5. The van der Waals surface area contributed by atoms with Gasteiger partial charge in [0.15, 0.2) is 11.5 Å². The van der Waals surface area contributed by atoms with E-state index in [4.69, 9.17) is 15.4 Å². The zero-order valence-corrected chi connectivity index (χ0v) is 8.82. The third-order valence-electron chi connectivity index (χ3n) is 2.03. The Hall–Kier alpha value is -1.46. The molecule has 0 aliphatic carbocycles. The Morgan fingerprint density at radius 1 is 1.27 bits per heavy atom. The Labute approximate surface area is 88.3 Å². The second-order valence-corrected chi connectivity index (χ2v) is 2.96. The molecule has 0 atom stereocenters. The molecule has 0 radical (unpaired) electrons. The highest BCUT2D eigenvalue weighted by molar-refractivity contribution is 5.51. The molecule has 1 aromatic carbocycles. The second kappa shape index (κ2) is 5.43. The van der Waals surface area contributed by atoms with Crippen molar-refractivity contribution in [3.63, 3.8) is 0 Å². The second-order valence-electron chi connectivity index (χ2n) is 2.96. The van der Waals surface area contributed by atoms with Crippen LogP contribution in [0, 0.1) is 0 Å². The van der Waals surface area contributed by atoms with E-state index in [0.29, 0.717) is 24.5 Å². The molecule has 0 amide bonds. The SMILES string of the molecule is COc1cc(O)cc(CCON)c1OC. The summed E-state index contributed by atoms with van der Waals surface area (Å²) in [6.07, 6.45) is 0.546. The molecule has 0 saturated heterocycles. The molecule has 0 spiro atoms. The molecule has 0 saturated carbocycles. The summed E-state index contributed by atoms with van der Waals surface area (Å²) in [5.41, 5.74) is 0.791. The summed E-state index contributed by atoms with van der Waals surface area (Å²) in [4.78, 5) is 4.48. The summed E-state index contributed by atoms with van der Waals surface area (Å²) < 4.78 is 10.3. The van der Waals surface area contributed by atoms with E-state index in [2.05, 4.69) is 4.84 Å². The van der Waals surface area contributed by atoms with Gasteiger partial charge < -0.3 is 19.4 Å². The molecule has 0 heterocycles. The van der Waals surface area contributed by atoms with Gasteiger partial charge in [0.1, 0.15) is 5.75 Å². The van der Waals surface area contributed by atoms with Gasteiger partial charge in [0, 0.05) is 18.1 Å². The molecular formula is C10H15NO4. The Bertz CT molecular complexity index is 327. The molecule has 0 bridgehead atoms. The van der Waals surface area contributed by atoms with Gasteiger partial charge in [0.25, 0.3) is 0 Å². The molecule has 0 aliphatic rings. The minimum absolute atomic E-state index is 0.125. The van der Waals surface area contributed by atoms with Crippen molar-refractivity contribution in [1.82, 2.24) is 0 Å². The van der Waals surface area contributed by atoms with Gasteiger partial charge in [-0.1, -0.05) is 0 Å². The predicted molar refractivity (Wildman–Crippen MR) is 55.1 cm³/mol. The van der Waals surface area contributed by atoms with E-state index in [0.717, 1.165) is 5.56 Å². The topological polar surface area (TPSA) is 73.9 Å². The highest BCUT2D eigenvalue weighted by Gasteiger charge is 2.11. The number of benzene rings is 1. The monoisotopic (exact) mass is 213 g/mol. The molecular weight excluding hydrogens is 198 g/mol. The molecule has 1 aromatic rings. The number of phenolic OH excluding ortho intramolecular Hbond substituents is 1. The van der Waals surface area contributed by atoms with Gasteiger partial charge in [0.05, 0.1) is 20.8 Å². The van der Waals surface area contributed by atoms with Crippen molar-refractivity contribution in [2.45, 2.75) is 6.42 Å². The molecule has 1 rings (SSSR count). The maximum atomic E-state index is 9.44. The Morgan fingerprint density at radius 3 is 2.53 bits per heavy atom. The molecule has 15 heavy (non-hydrogen) atoms. The summed E-state index contributed by atoms with van der Waals surface area (Å²) in [6, 6.07) is 3.09. The van der Waals surface area contributed by atoms with Crippen molar-refractivity contribution >= 4 is 0 Å². The number of nitrogens with two attached hydrogens (primary N) is 1. The third-order valence-corrected chi connectivity index (χ3v) is 2.03. The maximum absolute atomic E-state index is 9.44. The van der Waals surface area contributed by atoms with E-state index in [1.807, 2.05) is 0 Å². The predicted octanol–water partition coefficient (Wildman–Crippen LogP) is 0.842. The number of phenols is 1. The number of ether oxygens (including phenoxy) is 2. The number of aromatic hydroxyl groups is 1. The lowest BCUT2D eigenvalue weighted by Gasteiger charge is -2.12. The minimum atomic E-state index is 0.125. The van der Waals surface area contributed by atoms with Crippen LogP contribution in [0.15, 0.2) is 12.1 Å². The fraction of sp³-hybridized carbons (Fsp3) is 0.400. The fourth-order valence-electron chi connectivity index (χ4n) is 1.38. The van der Waals surface area contributed by atoms with Crippen LogP contribution in [0.2, 0.25) is 0 Å². The molecule has 84 valence electrons. The van der Waals surface area contributed by atoms with Gasteiger partial charge in [-0.05, 0) is 6.07 Å². The lowest BCUT2D eigenvalue weighted by atomic mass is 10.1. The molecule has 3 N–H and O–H groups in total. The van der Waals surface area contributed by atoms with Gasteiger partial charge in [0.2, 0.25) is 0 Å². The van der Waals surface area contributed by atoms with Crippen molar-refractivity contribution in [1.29, 1.82) is 0 Å². The van der Waals surface area contributed by atoms with Gasteiger partial charge in [-0.3, -0.25) is 0 Å². The van der Waals surface area contributed by atoms with Crippen molar-refractivity contribution in [2.75, 3.05) is 20.8 Å². The summed E-state index contributed by atoms with van der Waals surface area (Å²) in [7, 11) is 3.06. The van der Waals surface area contributed by atoms with Crippen LogP contribution in [0.5, 0.6) is 17.2 Å². The van der Waals surface area contributed by atoms with E-state index < -0.39 is 0 Å². The number of hydrogen-bond acceptors (Lipinski definition) is 5. The van der Waals surface area contributed by atoms with Crippen LogP contribution in [0.3, 0.4) is 0 Å². The Balaban J connectivity index is 3.05. The van der Waals surface area contributed by atoms with Crippen LogP contribution >= 0.6 is 0 Å². The Kier molecular flexibility index (Phi) is 4.20. The molecule has 5 nitrogen and oxygen atoms in total. The van der Waals surface area contributed by atoms with E-state index in [-0.39, 0.29) is 5.75 Å². The van der Waals surface area contributed by atoms with Gasteiger partial charge >= 0.3 is 0 Å². The molecule has 0 aliphatic heterocycles.